The van der Waals surface area contributed by atoms with Crippen molar-refractivity contribution >= 4 is 0 Å². The standard InChI is InChI=1S/C18H34O2/c1-15(13-17(3,4)5)19-11-9-10-12-20-16(2)14-18(6,7)8/h1-2,9-14H2,3-8H3. The molecule has 0 atom stereocenters. The number of hydrogen-bond acceptors (Lipinski definition) is 2. The van der Waals surface area contributed by atoms with Gasteiger partial charge in [0.15, 0.2) is 0 Å². The third-order valence-electron chi connectivity index (χ3n) is 2.61. The maximum atomic E-state index is 5.63. The van der Waals surface area contributed by atoms with Crippen LogP contribution < -0.4 is 0 Å². The van der Waals surface area contributed by atoms with E-state index in [4.69, 9.17) is 9.47 Å². The van der Waals surface area contributed by atoms with Crippen molar-refractivity contribution in [3.63, 3.8) is 0 Å². The van der Waals surface area contributed by atoms with Gasteiger partial charge in [0.1, 0.15) is 0 Å². The topological polar surface area (TPSA) is 18.5 Å². The van der Waals surface area contributed by atoms with Gasteiger partial charge in [-0.2, -0.15) is 0 Å². The van der Waals surface area contributed by atoms with Crippen LogP contribution in [0.25, 0.3) is 0 Å². The van der Waals surface area contributed by atoms with E-state index in [-0.39, 0.29) is 10.8 Å². The highest BCUT2D eigenvalue weighted by Gasteiger charge is 2.13. The van der Waals surface area contributed by atoms with E-state index in [2.05, 4.69) is 54.7 Å². The van der Waals surface area contributed by atoms with Crippen molar-refractivity contribution in [3.8, 4) is 0 Å². The van der Waals surface area contributed by atoms with E-state index in [0.29, 0.717) is 0 Å². The molecule has 0 saturated heterocycles. The molecule has 0 aliphatic rings. The van der Waals surface area contributed by atoms with Gasteiger partial charge in [0.2, 0.25) is 0 Å². The summed E-state index contributed by atoms with van der Waals surface area (Å²) >= 11 is 0. The minimum atomic E-state index is 0.241. The van der Waals surface area contributed by atoms with Crippen molar-refractivity contribution < 1.29 is 9.47 Å². The van der Waals surface area contributed by atoms with Crippen molar-refractivity contribution in [1.29, 1.82) is 0 Å². The first-order valence-corrected chi connectivity index (χ1v) is 7.61. The molecule has 0 aliphatic carbocycles. The summed E-state index contributed by atoms with van der Waals surface area (Å²) in [6.45, 7) is 22.5. The van der Waals surface area contributed by atoms with Crippen LogP contribution in [0.2, 0.25) is 0 Å². The van der Waals surface area contributed by atoms with Crippen LogP contribution in [0.1, 0.15) is 67.2 Å². The van der Waals surface area contributed by atoms with E-state index in [9.17, 15) is 0 Å². The lowest BCUT2D eigenvalue weighted by Gasteiger charge is -2.20. The second kappa shape index (κ2) is 8.39. The molecule has 0 rings (SSSR count). The molecule has 0 aromatic heterocycles. The Kier molecular flexibility index (Phi) is 8.00. The van der Waals surface area contributed by atoms with E-state index >= 15 is 0 Å². The van der Waals surface area contributed by atoms with Gasteiger partial charge in [-0.1, -0.05) is 54.7 Å². The van der Waals surface area contributed by atoms with Crippen molar-refractivity contribution in [1.82, 2.24) is 0 Å². The Morgan fingerprint density at radius 3 is 1.25 bits per heavy atom. The number of hydrogen-bond donors (Lipinski definition) is 0. The van der Waals surface area contributed by atoms with E-state index in [1.54, 1.807) is 0 Å². The first kappa shape index (κ1) is 19.1. The zero-order chi connectivity index (χ0) is 15.8. The van der Waals surface area contributed by atoms with Gasteiger partial charge in [-0.25, -0.2) is 0 Å². The molecule has 0 amide bonds. The fraction of sp³-hybridized carbons (Fsp3) is 0.778. The monoisotopic (exact) mass is 282 g/mol. The van der Waals surface area contributed by atoms with Crippen molar-refractivity contribution in [3.05, 3.63) is 24.7 Å². The molecule has 20 heavy (non-hydrogen) atoms. The quantitative estimate of drug-likeness (QED) is 0.399. The third-order valence-corrected chi connectivity index (χ3v) is 2.61. The van der Waals surface area contributed by atoms with Crippen LogP contribution in [0.5, 0.6) is 0 Å². The molecule has 0 aromatic rings. The molecule has 0 N–H and O–H groups in total. The largest absolute Gasteiger partial charge is 0.499 e. The summed E-state index contributed by atoms with van der Waals surface area (Å²) < 4.78 is 11.3. The molecule has 0 bridgehead atoms. The van der Waals surface area contributed by atoms with Crippen LogP contribution in [0.3, 0.4) is 0 Å². The van der Waals surface area contributed by atoms with Crippen molar-refractivity contribution in [2.45, 2.75) is 67.2 Å². The predicted molar refractivity (Wildman–Crippen MR) is 87.6 cm³/mol. The molecular formula is C18H34O2. The molecule has 0 radical (unpaired) electrons. The average Bonchev–Trinajstić information content (AvgIpc) is 2.17. The molecule has 2 heteroatoms. The highest BCUT2D eigenvalue weighted by atomic mass is 16.5. The van der Waals surface area contributed by atoms with Crippen molar-refractivity contribution in [2.24, 2.45) is 10.8 Å². The smallest absolute Gasteiger partial charge is 0.0893 e. The minimum absolute atomic E-state index is 0.241. The van der Waals surface area contributed by atoms with Gasteiger partial charge in [-0.05, 0) is 23.7 Å². The predicted octanol–water partition coefficient (Wildman–Crippen LogP) is 5.70. The maximum Gasteiger partial charge on any atom is 0.0893 e. The Hall–Kier alpha value is -0.920. The molecule has 0 heterocycles. The first-order valence-electron chi connectivity index (χ1n) is 7.61. The number of unbranched alkanes of at least 4 members (excludes halogenated alkanes) is 1. The number of ether oxygens (including phenoxy) is 2. The molecule has 0 saturated carbocycles. The van der Waals surface area contributed by atoms with Crippen LogP contribution in [-0.4, -0.2) is 13.2 Å². The SMILES string of the molecule is C=C(CC(C)(C)C)OCCCCOC(=C)CC(C)(C)C. The zero-order valence-electron chi connectivity index (χ0n) is 14.5. The summed E-state index contributed by atoms with van der Waals surface area (Å²) in [4.78, 5) is 0. The summed E-state index contributed by atoms with van der Waals surface area (Å²) in [7, 11) is 0. The number of allylic oxidation sites excluding steroid dienone is 2. The van der Waals surface area contributed by atoms with Gasteiger partial charge in [-0.15, -0.1) is 0 Å². The Balaban J connectivity index is 3.54. The van der Waals surface area contributed by atoms with E-state index < -0.39 is 0 Å². The van der Waals surface area contributed by atoms with Gasteiger partial charge in [-0.3, -0.25) is 0 Å². The number of rotatable bonds is 9. The highest BCUT2D eigenvalue weighted by Crippen LogP contribution is 2.24. The Morgan fingerprint density at radius 1 is 0.700 bits per heavy atom. The lowest BCUT2D eigenvalue weighted by molar-refractivity contribution is 0.148. The van der Waals surface area contributed by atoms with Crippen LogP contribution in [0.15, 0.2) is 24.7 Å². The second-order valence-electron chi connectivity index (χ2n) is 7.96. The van der Waals surface area contributed by atoms with E-state index in [1.807, 2.05) is 0 Å². The van der Waals surface area contributed by atoms with Crippen LogP contribution in [0, 0.1) is 10.8 Å². The van der Waals surface area contributed by atoms with Crippen molar-refractivity contribution in [2.75, 3.05) is 13.2 Å². The summed E-state index contributed by atoms with van der Waals surface area (Å²) in [5.41, 5.74) is 0.482. The molecular weight excluding hydrogens is 248 g/mol. The Morgan fingerprint density at radius 2 is 1.00 bits per heavy atom. The molecule has 2 nitrogen and oxygen atoms in total. The lowest BCUT2D eigenvalue weighted by atomic mass is 9.91. The molecule has 0 aliphatic heterocycles. The normalized spacial score (nSPS) is 12.1. The van der Waals surface area contributed by atoms with Crippen LogP contribution in [0.4, 0.5) is 0 Å². The maximum absolute atomic E-state index is 5.63. The molecule has 0 unspecified atom stereocenters. The Labute approximate surface area is 126 Å². The molecule has 118 valence electrons. The summed E-state index contributed by atoms with van der Waals surface area (Å²) in [5.74, 6) is 1.77. The molecule has 0 spiro atoms. The summed E-state index contributed by atoms with van der Waals surface area (Å²) in [6, 6.07) is 0. The molecule has 0 fully saturated rings. The van der Waals surface area contributed by atoms with Gasteiger partial charge in [0.25, 0.3) is 0 Å². The van der Waals surface area contributed by atoms with Gasteiger partial charge >= 0.3 is 0 Å². The van der Waals surface area contributed by atoms with Gasteiger partial charge in [0.05, 0.1) is 24.7 Å². The lowest BCUT2D eigenvalue weighted by Crippen LogP contribution is -2.09. The minimum Gasteiger partial charge on any atom is -0.499 e. The van der Waals surface area contributed by atoms with E-state index in [0.717, 1.165) is 50.4 Å². The first-order chi connectivity index (χ1) is 8.99. The Bertz CT molecular complexity index is 270. The highest BCUT2D eigenvalue weighted by molar-refractivity contribution is 4.88. The molecule has 0 aromatic carbocycles. The summed E-state index contributed by atoms with van der Waals surface area (Å²) in [5, 5.41) is 0. The van der Waals surface area contributed by atoms with Gasteiger partial charge < -0.3 is 9.47 Å². The third kappa shape index (κ3) is 13.5. The van der Waals surface area contributed by atoms with E-state index in [1.165, 1.54) is 0 Å². The summed E-state index contributed by atoms with van der Waals surface area (Å²) in [6.07, 6.45) is 3.80. The van der Waals surface area contributed by atoms with Gasteiger partial charge in [0, 0.05) is 12.8 Å². The van der Waals surface area contributed by atoms with Crippen LogP contribution >= 0.6 is 0 Å². The average molecular weight is 282 g/mol. The second-order valence-corrected chi connectivity index (χ2v) is 7.96. The zero-order valence-corrected chi connectivity index (χ0v) is 14.5. The fourth-order valence-corrected chi connectivity index (χ4v) is 1.92. The van der Waals surface area contributed by atoms with Crippen LogP contribution in [-0.2, 0) is 9.47 Å². The fourth-order valence-electron chi connectivity index (χ4n) is 1.92.